The van der Waals surface area contributed by atoms with Gasteiger partial charge in [-0.2, -0.15) is 5.26 Å². The normalized spacial score (nSPS) is 11.6. The Morgan fingerprint density at radius 3 is 2.74 bits per heavy atom. The Morgan fingerprint density at radius 2 is 2.05 bits per heavy atom. The molecule has 1 aromatic carbocycles. The molecule has 1 heterocycles. The van der Waals surface area contributed by atoms with Gasteiger partial charge < -0.3 is 11.1 Å². The summed E-state index contributed by atoms with van der Waals surface area (Å²) in [6.07, 6.45) is 1.69. The number of hydrogen-bond acceptors (Lipinski definition) is 4. The number of aromatic nitrogens is 1. The minimum Gasteiger partial charge on any atom is -0.367 e. The van der Waals surface area contributed by atoms with Gasteiger partial charge in [-0.3, -0.25) is 0 Å². The van der Waals surface area contributed by atoms with Crippen LogP contribution in [0.1, 0.15) is 22.7 Å². The first-order valence-corrected chi connectivity index (χ1v) is 6.12. The van der Waals surface area contributed by atoms with Crippen molar-refractivity contribution >= 4 is 5.82 Å². The molecule has 0 aliphatic rings. The van der Waals surface area contributed by atoms with E-state index < -0.39 is 0 Å². The lowest BCUT2D eigenvalue weighted by molar-refractivity contribution is 0.761. The van der Waals surface area contributed by atoms with Crippen molar-refractivity contribution in [3.05, 3.63) is 59.3 Å². The number of rotatable bonds is 4. The molecule has 1 unspecified atom stereocenters. The zero-order valence-electron chi connectivity index (χ0n) is 10.8. The van der Waals surface area contributed by atoms with E-state index in [-0.39, 0.29) is 6.04 Å². The van der Waals surface area contributed by atoms with Gasteiger partial charge in [-0.05, 0) is 24.1 Å². The van der Waals surface area contributed by atoms with Crippen LogP contribution >= 0.6 is 0 Å². The summed E-state index contributed by atoms with van der Waals surface area (Å²) < 4.78 is 0. The molecule has 0 bridgehead atoms. The van der Waals surface area contributed by atoms with E-state index in [4.69, 9.17) is 11.0 Å². The summed E-state index contributed by atoms with van der Waals surface area (Å²) in [5.74, 6) is 0.592. The monoisotopic (exact) mass is 252 g/mol. The van der Waals surface area contributed by atoms with Crippen LogP contribution in [-0.2, 0) is 0 Å². The third-order valence-electron chi connectivity index (χ3n) is 2.99. The van der Waals surface area contributed by atoms with Crippen LogP contribution in [0.5, 0.6) is 0 Å². The van der Waals surface area contributed by atoms with Crippen molar-refractivity contribution in [2.45, 2.75) is 13.0 Å². The van der Waals surface area contributed by atoms with Gasteiger partial charge in [0, 0.05) is 18.8 Å². The highest BCUT2D eigenvalue weighted by molar-refractivity contribution is 5.55. The summed E-state index contributed by atoms with van der Waals surface area (Å²) in [4.78, 5) is 4.19. The second-order valence-electron chi connectivity index (χ2n) is 4.36. The minimum absolute atomic E-state index is 0.130. The van der Waals surface area contributed by atoms with Crippen LogP contribution in [0, 0.1) is 18.3 Å². The first-order chi connectivity index (χ1) is 9.22. The van der Waals surface area contributed by atoms with Crippen molar-refractivity contribution in [3.8, 4) is 6.07 Å². The molecule has 2 aromatic rings. The molecule has 4 heteroatoms. The van der Waals surface area contributed by atoms with E-state index >= 15 is 0 Å². The number of nitrogens with one attached hydrogen (secondary N) is 1. The Labute approximate surface area is 112 Å². The zero-order valence-corrected chi connectivity index (χ0v) is 10.8. The molecule has 0 aliphatic heterocycles. The van der Waals surface area contributed by atoms with E-state index in [0.717, 1.165) is 11.1 Å². The van der Waals surface area contributed by atoms with E-state index in [1.807, 2.05) is 43.3 Å². The van der Waals surface area contributed by atoms with Crippen molar-refractivity contribution in [2.24, 2.45) is 5.73 Å². The maximum absolute atomic E-state index is 9.12. The summed E-state index contributed by atoms with van der Waals surface area (Å²) in [6, 6.07) is 13.7. The van der Waals surface area contributed by atoms with E-state index in [9.17, 15) is 0 Å². The lowest BCUT2D eigenvalue weighted by atomic mass is 10.1. The maximum atomic E-state index is 9.12. The fourth-order valence-corrected chi connectivity index (χ4v) is 1.86. The molecular weight excluding hydrogens is 236 g/mol. The number of hydrogen-bond donors (Lipinski definition) is 2. The molecule has 1 aromatic heterocycles. The molecule has 0 amide bonds. The average Bonchev–Trinajstić information content (AvgIpc) is 2.45. The molecule has 0 radical (unpaired) electrons. The highest BCUT2D eigenvalue weighted by Crippen LogP contribution is 2.16. The van der Waals surface area contributed by atoms with E-state index in [1.54, 1.807) is 6.20 Å². The summed E-state index contributed by atoms with van der Waals surface area (Å²) >= 11 is 0. The van der Waals surface area contributed by atoms with Crippen molar-refractivity contribution in [1.29, 1.82) is 5.26 Å². The van der Waals surface area contributed by atoms with Gasteiger partial charge in [0.25, 0.3) is 0 Å². The molecule has 1 atom stereocenters. The molecule has 3 N–H and O–H groups in total. The SMILES string of the molecule is Cc1ccnc(NCC(N)c2ccccc2)c1C#N. The predicted molar refractivity (Wildman–Crippen MR) is 75.5 cm³/mol. The first-order valence-electron chi connectivity index (χ1n) is 6.12. The summed E-state index contributed by atoms with van der Waals surface area (Å²) in [5, 5.41) is 12.3. The van der Waals surface area contributed by atoms with Crippen molar-refractivity contribution in [2.75, 3.05) is 11.9 Å². The van der Waals surface area contributed by atoms with Gasteiger partial charge in [0.15, 0.2) is 0 Å². The average molecular weight is 252 g/mol. The van der Waals surface area contributed by atoms with Gasteiger partial charge >= 0.3 is 0 Å². The molecule has 0 saturated carbocycles. The topological polar surface area (TPSA) is 74.7 Å². The third-order valence-corrected chi connectivity index (χ3v) is 2.99. The smallest absolute Gasteiger partial charge is 0.144 e. The molecule has 0 spiro atoms. The van der Waals surface area contributed by atoms with E-state index in [1.165, 1.54) is 0 Å². The number of benzene rings is 1. The summed E-state index contributed by atoms with van der Waals surface area (Å²) in [7, 11) is 0. The Kier molecular flexibility index (Phi) is 4.11. The van der Waals surface area contributed by atoms with Crippen LogP contribution in [0.25, 0.3) is 0 Å². The summed E-state index contributed by atoms with van der Waals surface area (Å²) in [5.41, 5.74) is 8.64. The second-order valence-corrected chi connectivity index (χ2v) is 4.36. The van der Waals surface area contributed by atoms with Gasteiger partial charge in [-0.25, -0.2) is 4.98 Å². The van der Waals surface area contributed by atoms with Gasteiger partial charge in [0.2, 0.25) is 0 Å². The van der Waals surface area contributed by atoms with Gasteiger partial charge in [0.1, 0.15) is 11.9 Å². The molecule has 0 fully saturated rings. The molecule has 4 nitrogen and oxygen atoms in total. The second kappa shape index (κ2) is 5.98. The Morgan fingerprint density at radius 1 is 1.32 bits per heavy atom. The fraction of sp³-hybridized carbons (Fsp3) is 0.200. The molecule has 19 heavy (non-hydrogen) atoms. The molecule has 2 rings (SSSR count). The zero-order chi connectivity index (χ0) is 13.7. The number of pyridine rings is 1. The van der Waals surface area contributed by atoms with Gasteiger partial charge in [-0.15, -0.1) is 0 Å². The number of anilines is 1. The molecule has 0 aliphatic carbocycles. The van der Waals surface area contributed by atoms with Crippen LogP contribution in [0.4, 0.5) is 5.82 Å². The Bertz CT molecular complexity index is 587. The Hall–Kier alpha value is -2.38. The van der Waals surface area contributed by atoms with Crippen LogP contribution < -0.4 is 11.1 Å². The molecule has 96 valence electrons. The quantitative estimate of drug-likeness (QED) is 0.876. The van der Waals surface area contributed by atoms with Crippen LogP contribution in [-0.4, -0.2) is 11.5 Å². The minimum atomic E-state index is -0.130. The summed E-state index contributed by atoms with van der Waals surface area (Å²) in [6.45, 7) is 2.43. The standard InChI is InChI=1S/C15H16N4/c1-11-7-8-18-15(13(11)9-16)19-10-14(17)12-5-3-2-4-6-12/h2-8,14H,10,17H2,1H3,(H,18,19). The highest BCUT2D eigenvalue weighted by Gasteiger charge is 2.09. The van der Waals surface area contributed by atoms with Gasteiger partial charge in [-0.1, -0.05) is 30.3 Å². The lowest BCUT2D eigenvalue weighted by Crippen LogP contribution is -2.21. The van der Waals surface area contributed by atoms with Crippen molar-refractivity contribution in [1.82, 2.24) is 4.98 Å². The predicted octanol–water partition coefficient (Wildman–Crippen LogP) is 2.37. The number of nitriles is 1. The number of nitrogens with two attached hydrogens (primary N) is 1. The number of aryl methyl sites for hydroxylation is 1. The third kappa shape index (κ3) is 3.09. The lowest BCUT2D eigenvalue weighted by Gasteiger charge is -2.14. The fourth-order valence-electron chi connectivity index (χ4n) is 1.86. The number of nitrogens with zero attached hydrogens (tertiary/aromatic N) is 2. The van der Waals surface area contributed by atoms with E-state index in [0.29, 0.717) is 17.9 Å². The first kappa shape index (κ1) is 13.1. The maximum Gasteiger partial charge on any atom is 0.144 e. The molecular formula is C15H16N4. The van der Waals surface area contributed by atoms with Crippen molar-refractivity contribution in [3.63, 3.8) is 0 Å². The highest BCUT2D eigenvalue weighted by atomic mass is 15.0. The largest absolute Gasteiger partial charge is 0.367 e. The van der Waals surface area contributed by atoms with Crippen LogP contribution in [0.15, 0.2) is 42.6 Å². The van der Waals surface area contributed by atoms with E-state index in [2.05, 4.69) is 16.4 Å². The van der Waals surface area contributed by atoms with Crippen LogP contribution in [0.3, 0.4) is 0 Å². The molecule has 0 saturated heterocycles. The Balaban J connectivity index is 2.08. The van der Waals surface area contributed by atoms with Crippen LogP contribution in [0.2, 0.25) is 0 Å². The van der Waals surface area contributed by atoms with Crippen molar-refractivity contribution < 1.29 is 0 Å². The van der Waals surface area contributed by atoms with Gasteiger partial charge in [0.05, 0.1) is 5.56 Å².